The lowest BCUT2D eigenvalue weighted by Crippen LogP contribution is -3.19. The summed E-state index contributed by atoms with van der Waals surface area (Å²) in [6.45, 7) is 6.95. The Bertz CT molecular complexity index is 893. The molecular formula is C22H25N4O2+. The fourth-order valence-corrected chi connectivity index (χ4v) is 3.49. The number of nitrogens with one attached hydrogen (secondary N) is 2. The largest absolute Gasteiger partial charge is 0.360 e. The molecule has 0 aromatic heterocycles. The number of nitriles is 1. The van der Waals surface area contributed by atoms with Crippen LogP contribution in [0.15, 0.2) is 48.5 Å². The molecule has 1 atom stereocenters. The maximum Gasteiger partial charge on any atom is 0.282 e. The third-order valence-corrected chi connectivity index (χ3v) is 5.31. The number of Topliss-reactive ketones (excluding diaryl/α,β-unsaturated/α-hetero) is 1. The third-order valence-electron chi connectivity index (χ3n) is 5.31. The van der Waals surface area contributed by atoms with Gasteiger partial charge >= 0.3 is 0 Å². The number of quaternary nitrogens is 1. The highest BCUT2D eigenvalue weighted by Gasteiger charge is 2.29. The van der Waals surface area contributed by atoms with Crippen molar-refractivity contribution in [1.29, 1.82) is 5.26 Å². The zero-order valence-corrected chi connectivity index (χ0v) is 16.2. The summed E-state index contributed by atoms with van der Waals surface area (Å²) < 4.78 is 0. The molecule has 6 heteroatoms. The second-order valence-electron chi connectivity index (χ2n) is 7.15. The van der Waals surface area contributed by atoms with Gasteiger partial charge in [-0.3, -0.25) is 9.59 Å². The van der Waals surface area contributed by atoms with Gasteiger partial charge < -0.3 is 15.1 Å². The van der Waals surface area contributed by atoms with Crippen LogP contribution in [-0.4, -0.2) is 43.9 Å². The van der Waals surface area contributed by atoms with Crippen LogP contribution in [0, 0.1) is 11.3 Å². The normalized spacial score (nSPS) is 15.5. The molecule has 2 N–H and O–H groups in total. The summed E-state index contributed by atoms with van der Waals surface area (Å²) in [5.41, 5.74) is 3.01. The van der Waals surface area contributed by atoms with Gasteiger partial charge in [0.15, 0.2) is 11.8 Å². The highest BCUT2D eigenvalue weighted by molar-refractivity contribution is 5.94. The second-order valence-corrected chi connectivity index (χ2v) is 7.15. The third kappa shape index (κ3) is 4.56. The van der Waals surface area contributed by atoms with E-state index in [2.05, 4.69) is 16.3 Å². The molecule has 3 rings (SSSR count). The highest BCUT2D eigenvalue weighted by Crippen LogP contribution is 2.16. The van der Waals surface area contributed by atoms with Gasteiger partial charge in [0.1, 0.15) is 0 Å². The van der Waals surface area contributed by atoms with Crippen LogP contribution in [0.25, 0.3) is 0 Å². The standard InChI is InChI=1S/C22H24N4O2/c1-16(22(28)24-20-5-3-4-18(14-20)15-23)25-10-12-26(13-11-25)21-8-6-19(7-9-21)17(2)27/h3-9,14,16H,10-13H2,1-2H3,(H,24,28)/p+1/t16-/m0/s1. The average Bonchev–Trinajstić information content (AvgIpc) is 2.73. The zero-order valence-electron chi connectivity index (χ0n) is 16.2. The van der Waals surface area contributed by atoms with Crippen LogP contribution in [-0.2, 0) is 4.79 Å². The Morgan fingerprint density at radius 1 is 1.14 bits per heavy atom. The van der Waals surface area contributed by atoms with Gasteiger partial charge in [0.25, 0.3) is 5.91 Å². The molecule has 28 heavy (non-hydrogen) atoms. The minimum atomic E-state index is -0.173. The first kappa shape index (κ1) is 19.6. The molecule has 0 saturated carbocycles. The summed E-state index contributed by atoms with van der Waals surface area (Å²) in [4.78, 5) is 27.5. The van der Waals surface area contributed by atoms with Gasteiger partial charge in [0.2, 0.25) is 0 Å². The van der Waals surface area contributed by atoms with E-state index in [0.717, 1.165) is 37.4 Å². The van der Waals surface area contributed by atoms with Gasteiger partial charge in [-0.15, -0.1) is 0 Å². The lowest BCUT2D eigenvalue weighted by molar-refractivity contribution is -0.914. The van der Waals surface area contributed by atoms with Gasteiger partial charge in [0, 0.05) is 16.9 Å². The molecule has 1 aliphatic heterocycles. The van der Waals surface area contributed by atoms with Crippen molar-refractivity contribution in [2.45, 2.75) is 19.9 Å². The van der Waals surface area contributed by atoms with Crippen LogP contribution in [0.2, 0.25) is 0 Å². The smallest absolute Gasteiger partial charge is 0.282 e. The molecule has 1 amide bonds. The van der Waals surface area contributed by atoms with Crippen LogP contribution in [0.5, 0.6) is 0 Å². The number of anilines is 2. The lowest BCUT2D eigenvalue weighted by atomic mass is 10.1. The molecule has 0 bridgehead atoms. The van der Waals surface area contributed by atoms with E-state index in [1.807, 2.05) is 31.2 Å². The van der Waals surface area contributed by atoms with E-state index in [1.165, 1.54) is 4.90 Å². The maximum atomic E-state index is 12.6. The van der Waals surface area contributed by atoms with Gasteiger partial charge in [-0.25, -0.2) is 0 Å². The first-order valence-electron chi connectivity index (χ1n) is 9.49. The van der Waals surface area contributed by atoms with Gasteiger partial charge in [-0.05, 0) is 56.3 Å². The summed E-state index contributed by atoms with van der Waals surface area (Å²) >= 11 is 0. The molecule has 1 fully saturated rings. The molecule has 6 nitrogen and oxygen atoms in total. The predicted octanol–water partition coefficient (Wildman–Crippen LogP) is 1.49. The molecule has 1 aliphatic rings. The van der Waals surface area contributed by atoms with E-state index in [0.29, 0.717) is 11.3 Å². The number of hydrogen-bond acceptors (Lipinski definition) is 4. The molecule has 2 aromatic rings. The summed E-state index contributed by atoms with van der Waals surface area (Å²) in [5, 5.41) is 11.9. The minimum Gasteiger partial charge on any atom is -0.360 e. The Morgan fingerprint density at radius 2 is 1.82 bits per heavy atom. The fraction of sp³-hybridized carbons (Fsp3) is 0.318. The number of ketones is 1. The first-order chi connectivity index (χ1) is 13.5. The molecule has 0 radical (unpaired) electrons. The predicted molar refractivity (Wildman–Crippen MR) is 109 cm³/mol. The topological polar surface area (TPSA) is 77.6 Å². The van der Waals surface area contributed by atoms with E-state index < -0.39 is 0 Å². The first-order valence-corrected chi connectivity index (χ1v) is 9.49. The number of carbonyl (C=O) groups excluding carboxylic acids is 2. The number of benzene rings is 2. The number of amides is 1. The SMILES string of the molecule is CC(=O)c1ccc(N2CC[NH+]([C@@H](C)C(=O)Nc3cccc(C#N)c3)CC2)cc1. The van der Waals surface area contributed by atoms with Crippen molar-refractivity contribution in [3.05, 3.63) is 59.7 Å². The molecule has 1 heterocycles. The minimum absolute atomic E-state index is 0.0376. The van der Waals surface area contributed by atoms with Gasteiger partial charge in [0.05, 0.1) is 37.8 Å². The van der Waals surface area contributed by atoms with Crippen LogP contribution in [0.4, 0.5) is 11.4 Å². The van der Waals surface area contributed by atoms with E-state index >= 15 is 0 Å². The van der Waals surface area contributed by atoms with E-state index in [1.54, 1.807) is 31.2 Å². The number of nitrogens with zero attached hydrogens (tertiary/aromatic N) is 2. The number of piperazine rings is 1. The van der Waals surface area contributed by atoms with Crippen LogP contribution >= 0.6 is 0 Å². The zero-order chi connectivity index (χ0) is 20.1. The van der Waals surface area contributed by atoms with E-state index in [4.69, 9.17) is 5.26 Å². The van der Waals surface area contributed by atoms with Gasteiger partial charge in [-0.2, -0.15) is 5.26 Å². The highest BCUT2D eigenvalue weighted by atomic mass is 16.2. The summed E-state index contributed by atoms with van der Waals surface area (Å²) in [5.74, 6) is 0.0327. The number of rotatable bonds is 5. The Labute approximate surface area is 165 Å². The average molecular weight is 377 g/mol. The molecular weight excluding hydrogens is 352 g/mol. The molecule has 144 valence electrons. The Balaban J connectivity index is 1.55. The van der Waals surface area contributed by atoms with Crippen LogP contribution < -0.4 is 15.1 Å². The quantitative estimate of drug-likeness (QED) is 0.774. The van der Waals surface area contributed by atoms with Crippen LogP contribution in [0.1, 0.15) is 29.8 Å². The van der Waals surface area contributed by atoms with Crippen molar-refractivity contribution in [3.63, 3.8) is 0 Å². The molecule has 0 spiro atoms. The van der Waals surface area contributed by atoms with Crippen molar-refractivity contribution in [1.82, 2.24) is 0 Å². The second kappa shape index (κ2) is 8.68. The monoisotopic (exact) mass is 377 g/mol. The Morgan fingerprint density at radius 3 is 2.43 bits per heavy atom. The maximum absolute atomic E-state index is 12.6. The Hall–Kier alpha value is -3.17. The summed E-state index contributed by atoms with van der Waals surface area (Å²) in [6, 6.07) is 16.6. The van der Waals surface area contributed by atoms with Gasteiger partial charge in [-0.1, -0.05) is 6.07 Å². The van der Waals surface area contributed by atoms with E-state index in [-0.39, 0.29) is 17.7 Å². The summed E-state index contributed by atoms with van der Waals surface area (Å²) in [7, 11) is 0. The lowest BCUT2D eigenvalue weighted by Gasteiger charge is -2.36. The van der Waals surface area contributed by atoms with E-state index in [9.17, 15) is 9.59 Å². The van der Waals surface area contributed by atoms with Crippen molar-refractivity contribution < 1.29 is 14.5 Å². The number of carbonyl (C=O) groups is 2. The van der Waals surface area contributed by atoms with Crippen molar-refractivity contribution >= 4 is 23.1 Å². The van der Waals surface area contributed by atoms with Crippen molar-refractivity contribution in [2.24, 2.45) is 0 Å². The van der Waals surface area contributed by atoms with Crippen molar-refractivity contribution in [3.8, 4) is 6.07 Å². The summed E-state index contributed by atoms with van der Waals surface area (Å²) in [6.07, 6.45) is 0. The molecule has 2 aromatic carbocycles. The molecule has 0 aliphatic carbocycles. The fourth-order valence-electron chi connectivity index (χ4n) is 3.49. The molecule has 1 saturated heterocycles. The Kier molecular flexibility index (Phi) is 6.07. The van der Waals surface area contributed by atoms with Crippen LogP contribution in [0.3, 0.4) is 0 Å². The number of hydrogen-bond donors (Lipinski definition) is 2. The van der Waals surface area contributed by atoms with Crippen molar-refractivity contribution in [2.75, 3.05) is 36.4 Å². The molecule has 0 unspecified atom stereocenters.